The number of carbonyl (C=O) groups excluding carboxylic acids is 4. The van der Waals surface area contributed by atoms with Gasteiger partial charge in [-0.1, -0.05) is 44.7 Å². The Bertz CT molecular complexity index is 1630. The van der Waals surface area contributed by atoms with Crippen LogP contribution in [0.15, 0.2) is 54.1 Å². The molecular weight excluding hydrogens is 1120 g/mol. The van der Waals surface area contributed by atoms with Crippen LogP contribution in [0.25, 0.3) is 0 Å². The van der Waals surface area contributed by atoms with Crippen LogP contribution in [-0.2, 0) is 28.5 Å². The van der Waals surface area contributed by atoms with Gasteiger partial charge in [0.1, 0.15) is 36.1 Å². The van der Waals surface area contributed by atoms with Crippen LogP contribution in [0.2, 0.25) is 0 Å². The van der Waals surface area contributed by atoms with E-state index >= 15 is 0 Å². The molecule has 4 aliphatic carbocycles. The fraction of sp³-hybridized carbons (Fsp3) is 0.622. The quantitative estimate of drug-likeness (QED) is 0.116. The standard InChI is InChI=1S/C37H47NO13.2Ac/c1-6-14-48-33(45)38-25(19-12-13-19)27(41)32(44)50-21-16-37(47)30(51-31(43)20-10-8-7-9-11-20)28-35(5,22(39)15-23-36(28,46)17-49-23)29(42)26(40)24(18(21)2)34(37,3)4;;/h6-11,19,21-23,25-28,30,39-41,46-47H,1,12-17H2,2-5H3,(H,38,45);;/t21?,22-,23+,25-,26+,27+,28-,30-,35+,36-,37+;;/m0../s1. The predicted octanol–water partition coefficient (Wildman–Crippen LogP) is 1.11. The first kappa shape index (κ1) is 44.9. The number of benzene rings is 1. The number of esters is 2. The summed E-state index contributed by atoms with van der Waals surface area (Å²) in [6.07, 6.45) is -8.26. The molecule has 1 heterocycles. The Labute approximate surface area is 379 Å². The zero-order valence-electron chi connectivity index (χ0n) is 30.3. The Morgan fingerprint density at radius 3 is 2.28 bits per heavy atom. The topological polar surface area (TPSA) is 218 Å². The largest absolute Gasteiger partial charge is 0.456 e. The Morgan fingerprint density at radius 2 is 1.72 bits per heavy atom. The van der Waals surface area contributed by atoms with Crippen LogP contribution in [0.3, 0.4) is 0 Å². The summed E-state index contributed by atoms with van der Waals surface area (Å²) in [6, 6.07) is 6.84. The van der Waals surface area contributed by atoms with E-state index in [1.165, 1.54) is 32.1 Å². The van der Waals surface area contributed by atoms with Crippen LogP contribution in [0.1, 0.15) is 63.7 Å². The van der Waals surface area contributed by atoms with Gasteiger partial charge in [-0.05, 0) is 55.9 Å². The molecule has 1 aromatic carbocycles. The third kappa shape index (κ3) is 7.55. The number of aliphatic hydroxyl groups excluding tert-OH is 3. The predicted molar refractivity (Wildman–Crippen MR) is 177 cm³/mol. The second-order valence-electron chi connectivity index (χ2n) is 15.4. The second kappa shape index (κ2) is 16.6. The van der Waals surface area contributed by atoms with E-state index in [1.54, 1.807) is 32.0 Å². The number of hydrogen-bond donors (Lipinski definition) is 6. The molecule has 1 unspecified atom stereocenters. The minimum Gasteiger partial charge on any atom is -0.456 e. The van der Waals surface area contributed by atoms with Crippen LogP contribution < -0.4 is 5.32 Å². The van der Waals surface area contributed by atoms with E-state index in [0.29, 0.717) is 12.8 Å². The van der Waals surface area contributed by atoms with Crippen molar-refractivity contribution >= 4 is 23.8 Å². The minimum atomic E-state index is -2.27. The van der Waals surface area contributed by atoms with Crippen molar-refractivity contribution in [3.05, 3.63) is 59.7 Å². The smallest absolute Gasteiger partial charge is 0.407 e. The summed E-state index contributed by atoms with van der Waals surface area (Å²) >= 11 is 0. The summed E-state index contributed by atoms with van der Waals surface area (Å²) in [6.45, 7) is 9.11. The Morgan fingerprint density at radius 1 is 1.08 bits per heavy atom. The molecule has 3 saturated carbocycles. The number of Topliss-reactive ketones (excluding diaryl/α,β-unsaturated/α-hetero) is 1. The van der Waals surface area contributed by atoms with Gasteiger partial charge in [0.15, 0.2) is 11.9 Å². The third-order valence-corrected chi connectivity index (χ3v) is 12.2. The molecule has 16 heteroatoms. The molecule has 4 fully saturated rings. The van der Waals surface area contributed by atoms with Gasteiger partial charge in [-0.2, -0.15) is 0 Å². The van der Waals surface area contributed by atoms with Crippen molar-refractivity contribution in [1.82, 2.24) is 5.32 Å². The van der Waals surface area contributed by atoms with Gasteiger partial charge in [-0.25, -0.2) is 14.4 Å². The van der Waals surface area contributed by atoms with Crippen molar-refractivity contribution in [2.45, 2.75) is 107 Å². The first-order valence-electron chi connectivity index (χ1n) is 17.3. The van der Waals surface area contributed by atoms with E-state index < -0.39 is 101 Å². The molecule has 1 saturated heterocycles. The monoisotopic (exact) mass is 1170 g/mol. The number of hydrogen-bond acceptors (Lipinski definition) is 13. The summed E-state index contributed by atoms with van der Waals surface area (Å²) in [5.74, 6) is -4.66. The number of aliphatic hydroxyl groups is 5. The molecule has 2 radical (unpaired) electrons. The molecule has 2 bridgehead atoms. The number of ketones is 1. The number of ether oxygens (including phenoxy) is 4. The minimum absolute atomic E-state index is 0. The molecule has 0 spiro atoms. The van der Waals surface area contributed by atoms with Crippen molar-refractivity contribution in [2.24, 2.45) is 22.7 Å². The zero-order valence-corrected chi connectivity index (χ0v) is 39.8. The average molecular weight is 1170 g/mol. The SMILES string of the molecule is C=CCOC(=O)N[C@@H](C1CC1)[C@@H](O)C(=O)OC1C[C@@]2(O)[C@@H](OC(=O)c3ccccc3)[C@@H]3[C@]4(O)CO[C@@H]4C[C@H](O)[C@@]3(C)C(=O)[C@H](O)C(=C1C)C2(C)C.[Ac].[Ac]. The van der Waals surface area contributed by atoms with Crippen LogP contribution >= 0.6 is 0 Å². The summed E-state index contributed by atoms with van der Waals surface area (Å²) in [4.78, 5) is 54.4. The van der Waals surface area contributed by atoms with E-state index in [9.17, 15) is 44.7 Å². The average Bonchev–Trinajstić information content (AvgIpc) is 3.94. The van der Waals surface area contributed by atoms with Crippen LogP contribution in [0.5, 0.6) is 0 Å². The van der Waals surface area contributed by atoms with Gasteiger partial charge in [0.25, 0.3) is 0 Å². The summed E-state index contributed by atoms with van der Waals surface area (Å²) in [5, 5.41) is 62.5. The maximum atomic E-state index is 14.6. The van der Waals surface area contributed by atoms with Gasteiger partial charge < -0.3 is 49.8 Å². The molecule has 1 amide bonds. The Kier molecular flexibility index (Phi) is 14.1. The third-order valence-electron chi connectivity index (χ3n) is 12.2. The zero-order chi connectivity index (χ0) is 37.3. The maximum absolute atomic E-state index is 14.6. The van der Waals surface area contributed by atoms with Gasteiger partial charge in [-0.15, -0.1) is 0 Å². The second-order valence-corrected chi connectivity index (χ2v) is 15.4. The van der Waals surface area contributed by atoms with E-state index in [4.69, 9.17) is 18.9 Å². The first-order valence-corrected chi connectivity index (χ1v) is 17.3. The molecule has 53 heavy (non-hydrogen) atoms. The summed E-state index contributed by atoms with van der Waals surface area (Å²) in [7, 11) is 0. The molecule has 1 aromatic rings. The van der Waals surface area contributed by atoms with Crippen molar-refractivity contribution in [3.63, 3.8) is 0 Å². The van der Waals surface area contributed by atoms with E-state index in [1.807, 2.05) is 0 Å². The van der Waals surface area contributed by atoms with Crippen LogP contribution in [0, 0.1) is 111 Å². The van der Waals surface area contributed by atoms with Crippen molar-refractivity contribution in [1.29, 1.82) is 0 Å². The fourth-order valence-electron chi connectivity index (χ4n) is 8.96. The molecule has 6 N–H and O–H groups in total. The molecule has 5 aliphatic rings. The van der Waals surface area contributed by atoms with Crippen LogP contribution in [-0.4, -0.2) is 116 Å². The van der Waals surface area contributed by atoms with Crippen molar-refractivity contribution < 1.29 is 152 Å². The van der Waals surface area contributed by atoms with E-state index in [0.717, 1.165) is 0 Å². The molecule has 6 rings (SSSR count). The van der Waals surface area contributed by atoms with Crippen LogP contribution in [0.4, 0.5) is 4.79 Å². The van der Waals surface area contributed by atoms with Gasteiger partial charge >= 0.3 is 18.0 Å². The number of rotatable bonds is 9. The van der Waals surface area contributed by atoms with Gasteiger partial charge in [-0.3, -0.25) is 4.79 Å². The molecule has 284 valence electrons. The number of amides is 1. The molecule has 11 atom stereocenters. The number of alkyl carbamates (subject to hydrolysis) is 1. The number of nitrogens with one attached hydrogen (secondary N) is 1. The van der Waals surface area contributed by atoms with Gasteiger partial charge in [0.2, 0.25) is 0 Å². The maximum Gasteiger partial charge on any atom is 0.407 e. The van der Waals surface area contributed by atoms with Gasteiger partial charge in [0, 0.05) is 112 Å². The Hall–Kier alpha value is -0.777. The number of carbonyl (C=O) groups is 4. The van der Waals surface area contributed by atoms with E-state index in [-0.39, 0.29) is 130 Å². The fourth-order valence-corrected chi connectivity index (χ4v) is 8.96. The normalized spacial score (nSPS) is 36.5. The van der Waals surface area contributed by atoms with Crippen molar-refractivity contribution in [3.8, 4) is 0 Å². The Balaban J connectivity index is 0.00000314. The molecule has 14 nitrogen and oxygen atoms in total. The van der Waals surface area contributed by atoms with Crippen molar-refractivity contribution in [2.75, 3.05) is 13.2 Å². The van der Waals surface area contributed by atoms with Gasteiger partial charge in [0.05, 0.1) is 35.8 Å². The molecule has 0 aromatic heterocycles. The number of fused-ring (bicyclic) bond motifs is 5. The summed E-state index contributed by atoms with van der Waals surface area (Å²) in [5.41, 5.74) is -7.38. The summed E-state index contributed by atoms with van der Waals surface area (Å²) < 4.78 is 22.6. The molecule has 1 aliphatic heterocycles. The molecular formula is C37H47Ac2NO13. The van der Waals surface area contributed by atoms with E-state index in [2.05, 4.69) is 11.9 Å². The first-order chi connectivity index (χ1) is 23.9.